The monoisotopic (exact) mass is 495 g/mol. The van der Waals surface area contributed by atoms with Crippen LogP contribution < -0.4 is 9.47 Å². The standard InChI is InChI=1S/C22H26ClN3O6S/c1-6-9-26-18-8-7-15(33(28,29)25(2)3)12-17(18)24-20(26)13-32-22(27)14-10-16(23)21(31-5)19(11-14)30-4/h7-8,10-12H,6,9,13H2,1-5H3. The molecule has 33 heavy (non-hydrogen) atoms. The predicted octanol–water partition coefficient (Wildman–Crippen LogP) is 3.72. The van der Waals surface area contributed by atoms with Gasteiger partial charge in [-0.2, -0.15) is 0 Å². The van der Waals surface area contributed by atoms with Crippen LogP contribution in [0.15, 0.2) is 35.2 Å². The number of rotatable bonds is 9. The van der Waals surface area contributed by atoms with Crippen molar-refractivity contribution in [1.29, 1.82) is 0 Å². The number of carbonyl (C=O) groups is 1. The summed E-state index contributed by atoms with van der Waals surface area (Å²) in [5, 5.41) is 0.219. The van der Waals surface area contributed by atoms with E-state index in [9.17, 15) is 13.2 Å². The molecule has 0 aliphatic carbocycles. The topological polar surface area (TPSA) is 100.0 Å². The molecule has 1 heterocycles. The third-order valence-corrected chi connectivity index (χ3v) is 7.12. The van der Waals surface area contributed by atoms with Gasteiger partial charge in [-0.15, -0.1) is 0 Å². The summed E-state index contributed by atoms with van der Waals surface area (Å²) >= 11 is 6.19. The van der Waals surface area contributed by atoms with E-state index in [1.54, 1.807) is 12.1 Å². The highest BCUT2D eigenvalue weighted by Crippen LogP contribution is 2.36. The van der Waals surface area contributed by atoms with Crippen molar-refractivity contribution in [2.45, 2.75) is 31.4 Å². The Hall–Kier alpha value is -2.82. The van der Waals surface area contributed by atoms with Crippen LogP contribution in [0.5, 0.6) is 11.5 Å². The molecule has 0 saturated heterocycles. The van der Waals surface area contributed by atoms with E-state index in [-0.39, 0.29) is 22.1 Å². The Morgan fingerprint density at radius 2 is 1.88 bits per heavy atom. The maximum absolute atomic E-state index is 12.7. The second-order valence-electron chi connectivity index (χ2n) is 7.39. The van der Waals surface area contributed by atoms with Gasteiger partial charge in [0.25, 0.3) is 0 Å². The summed E-state index contributed by atoms with van der Waals surface area (Å²) in [6, 6.07) is 7.72. The molecule has 0 aliphatic heterocycles. The molecule has 178 valence electrons. The van der Waals surface area contributed by atoms with Gasteiger partial charge in [-0.3, -0.25) is 0 Å². The summed E-state index contributed by atoms with van der Waals surface area (Å²) in [6.07, 6.45) is 0.815. The molecule has 0 amide bonds. The lowest BCUT2D eigenvalue weighted by Gasteiger charge is -2.12. The number of benzene rings is 2. The van der Waals surface area contributed by atoms with E-state index in [2.05, 4.69) is 4.98 Å². The number of hydrogen-bond acceptors (Lipinski definition) is 7. The van der Waals surface area contributed by atoms with Crippen molar-refractivity contribution in [1.82, 2.24) is 13.9 Å². The summed E-state index contributed by atoms with van der Waals surface area (Å²) in [4.78, 5) is 17.4. The van der Waals surface area contributed by atoms with E-state index in [1.807, 2.05) is 11.5 Å². The van der Waals surface area contributed by atoms with Gasteiger partial charge in [-0.25, -0.2) is 22.5 Å². The van der Waals surface area contributed by atoms with Crippen molar-refractivity contribution in [2.24, 2.45) is 0 Å². The number of ether oxygens (including phenoxy) is 3. The summed E-state index contributed by atoms with van der Waals surface area (Å²) in [5.41, 5.74) is 1.47. The lowest BCUT2D eigenvalue weighted by Crippen LogP contribution is -2.22. The summed E-state index contributed by atoms with van der Waals surface area (Å²) in [7, 11) is 2.25. The molecular formula is C22H26ClN3O6S. The predicted molar refractivity (Wildman–Crippen MR) is 125 cm³/mol. The van der Waals surface area contributed by atoms with Crippen LogP contribution >= 0.6 is 11.6 Å². The van der Waals surface area contributed by atoms with Crippen LogP contribution in [0.25, 0.3) is 11.0 Å². The van der Waals surface area contributed by atoms with Crippen LogP contribution in [0.3, 0.4) is 0 Å². The van der Waals surface area contributed by atoms with Crippen molar-refractivity contribution in [3.63, 3.8) is 0 Å². The van der Waals surface area contributed by atoms with E-state index in [4.69, 9.17) is 25.8 Å². The number of sulfonamides is 1. The second kappa shape index (κ2) is 9.98. The van der Waals surface area contributed by atoms with Gasteiger partial charge in [0, 0.05) is 20.6 Å². The molecule has 0 atom stereocenters. The van der Waals surface area contributed by atoms with E-state index >= 15 is 0 Å². The average molecular weight is 496 g/mol. The van der Waals surface area contributed by atoms with Crippen molar-refractivity contribution in [3.8, 4) is 11.5 Å². The van der Waals surface area contributed by atoms with Gasteiger partial charge in [0.15, 0.2) is 11.5 Å². The molecule has 0 saturated carbocycles. The number of halogens is 1. The van der Waals surface area contributed by atoms with Gasteiger partial charge in [0.2, 0.25) is 10.0 Å². The van der Waals surface area contributed by atoms with Gasteiger partial charge >= 0.3 is 5.97 Å². The highest BCUT2D eigenvalue weighted by atomic mass is 35.5. The number of aryl methyl sites for hydroxylation is 1. The summed E-state index contributed by atoms with van der Waals surface area (Å²) < 4.78 is 43.9. The van der Waals surface area contributed by atoms with Crippen molar-refractivity contribution in [3.05, 3.63) is 46.7 Å². The van der Waals surface area contributed by atoms with Crippen LogP contribution in [0.2, 0.25) is 5.02 Å². The lowest BCUT2D eigenvalue weighted by atomic mass is 10.2. The van der Waals surface area contributed by atoms with Crippen LogP contribution in [-0.2, 0) is 27.9 Å². The fourth-order valence-corrected chi connectivity index (χ4v) is 4.57. The molecule has 2 aromatic carbocycles. The molecule has 9 nitrogen and oxygen atoms in total. The molecule has 0 spiro atoms. The molecule has 0 unspecified atom stereocenters. The third-order valence-electron chi connectivity index (χ3n) is 5.03. The third kappa shape index (κ3) is 4.92. The first-order valence-electron chi connectivity index (χ1n) is 10.1. The lowest BCUT2D eigenvalue weighted by molar-refractivity contribution is 0.0458. The van der Waals surface area contributed by atoms with Crippen molar-refractivity contribution >= 4 is 38.6 Å². The van der Waals surface area contributed by atoms with E-state index < -0.39 is 16.0 Å². The van der Waals surface area contributed by atoms with Crippen LogP contribution in [0, 0.1) is 0 Å². The highest BCUT2D eigenvalue weighted by molar-refractivity contribution is 7.89. The first-order chi connectivity index (χ1) is 15.6. The number of hydrogen-bond donors (Lipinski definition) is 0. The average Bonchev–Trinajstić information content (AvgIpc) is 3.13. The Kier molecular flexibility index (Phi) is 7.51. The van der Waals surface area contributed by atoms with E-state index in [1.165, 1.54) is 46.5 Å². The summed E-state index contributed by atoms with van der Waals surface area (Å²) in [6.45, 7) is 2.54. The van der Waals surface area contributed by atoms with Crippen molar-refractivity contribution < 1.29 is 27.4 Å². The normalized spacial score (nSPS) is 11.7. The van der Waals surface area contributed by atoms with Gasteiger partial charge in [-0.1, -0.05) is 18.5 Å². The molecule has 1 aromatic heterocycles. The summed E-state index contributed by atoms with van der Waals surface area (Å²) in [5.74, 6) is 0.531. The fourth-order valence-electron chi connectivity index (χ4n) is 3.36. The SMILES string of the molecule is CCCn1c(COC(=O)c2cc(Cl)c(OC)c(OC)c2)nc2cc(S(=O)(=O)N(C)C)ccc21. The zero-order valence-corrected chi connectivity index (χ0v) is 20.7. The number of nitrogens with zero attached hydrogens (tertiary/aromatic N) is 3. The number of esters is 1. The molecule has 3 aromatic rings. The molecule has 3 rings (SSSR count). The highest BCUT2D eigenvalue weighted by Gasteiger charge is 2.21. The Bertz CT molecular complexity index is 1290. The number of carbonyl (C=O) groups excluding carboxylic acids is 1. The Morgan fingerprint density at radius 3 is 2.48 bits per heavy atom. The molecular weight excluding hydrogens is 470 g/mol. The number of aromatic nitrogens is 2. The van der Waals surface area contributed by atoms with Gasteiger partial charge in [-0.05, 0) is 36.8 Å². The maximum Gasteiger partial charge on any atom is 0.338 e. The molecule has 0 bridgehead atoms. The molecule has 0 radical (unpaired) electrons. The second-order valence-corrected chi connectivity index (χ2v) is 9.95. The number of fused-ring (bicyclic) bond motifs is 1. The van der Waals surface area contributed by atoms with Gasteiger partial charge in [0.05, 0.1) is 40.7 Å². The molecule has 0 fully saturated rings. The van der Waals surface area contributed by atoms with Gasteiger partial charge in [0.1, 0.15) is 12.4 Å². The van der Waals surface area contributed by atoms with Crippen LogP contribution in [0.4, 0.5) is 0 Å². The van der Waals surface area contributed by atoms with Crippen LogP contribution in [-0.4, -0.2) is 56.6 Å². The van der Waals surface area contributed by atoms with Crippen LogP contribution in [0.1, 0.15) is 29.5 Å². The van der Waals surface area contributed by atoms with Crippen molar-refractivity contribution in [2.75, 3.05) is 28.3 Å². The first-order valence-corrected chi connectivity index (χ1v) is 12.0. The quantitative estimate of drug-likeness (QED) is 0.417. The first kappa shape index (κ1) is 24.8. The van der Waals surface area contributed by atoms with Gasteiger partial charge < -0.3 is 18.8 Å². The zero-order chi connectivity index (χ0) is 24.3. The zero-order valence-electron chi connectivity index (χ0n) is 19.1. The molecule has 0 aliphatic rings. The minimum atomic E-state index is -3.60. The molecule has 0 N–H and O–H groups in total. The maximum atomic E-state index is 12.7. The van der Waals surface area contributed by atoms with E-state index in [0.29, 0.717) is 29.4 Å². The minimum absolute atomic E-state index is 0.102. The Morgan fingerprint density at radius 1 is 1.15 bits per heavy atom. The molecule has 11 heteroatoms. The number of imidazole rings is 1. The smallest absolute Gasteiger partial charge is 0.338 e. The fraction of sp³-hybridized carbons (Fsp3) is 0.364. The Labute approximate surface area is 197 Å². The Balaban J connectivity index is 1.91. The minimum Gasteiger partial charge on any atom is -0.493 e. The van der Waals surface area contributed by atoms with E-state index in [0.717, 1.165) is 16.2 Å². The number of methoxy groups -OCH3 is 2. The largest absolute Gasteiger partial charge is 0.493 e.